The predicted molar refractivity (Wildman–Crippen MR) is 86.4 cm³/mol. The summed E-state index contributed by atoms with van der Waals surface area (Å²) in [5.74, 6) is 0.938. The van der Waals surface area contributed by atoms with Gasteiger partial charge in [-0.05, 0) is 52.2 Å². The van der Waals surface area contributed by atoms with Crippen LogP contribution in [0, 0.1) is 3.57 Å². The van der Waals surface area contributed by atoms with Gasteiger partial charge in [0, 0.05) is 12.6 Å². The van der Waals surface area contributed by atoms with Crippen LogP contribution in [0.15, 0.2) is 54.6 Å². The van der Waals surface area contributed by atoms with Crippen molar-refractivity contribution in [1.29, 1.82) is 0 Å². The number of para-hydroxylation sites is 2. The van der Waals surface area contributed by atoms with E-state index >= 15 is 0 Å². The highest BCUT2D eigenvalue weighted by atomic mass is 127. The van der Waals surface area contributed by atoms with Gasteiger partial charge < -0.3 is 9.30 Å². The van der Waals surface area contributed by atoms with Gasteiger partial charge in [-0.15, -0.1) is 0 Å². The van der Waals surface area contributed by atoms with Crippen molar-refractivity contribution in [1.82, 2.24) is 4.57 Å². The van der Waals surface area contributed by atoms with E-state index in [1.807, 2.05) is 18.2 Å². The van der Waals surface area contributed by atoms with Crippen LogP contribution in [0.2, 0.25) is 0 Å². The number of benzene rings is 2. The topological polar surface area (TPSA) is 14.2 Å². The Balaban J connectivity index is 1.86. The van der Waals surface area contributed by atoms with Crippen molar-refractivity contribution in [3.63, 3.8) is 0 Å². The second-order valence-corrected chi connectivity index (χ2v) is 5.63. The summed E-state index contributed by atoms with van der Waals surface area (Å²) < 4.78 is 9.23. The summed E-state index contributed by atoms with van der Waals surface area (Å²) in [6.45, 7) is 0.588. The third-order valence-electron chi connectivity index (χ3n) is 3.26. The first-order valence-electron chi connectivity index (χ1n) is 6.16. The van der Waals surface area contributed by atoms with Crippen LogP contribution >= 0.6 is 22.6 Å². The van der Waals surface area contributed by atoms with Crippen LogP contribution in [0.25, 0.3) is 10.9 Å². The zero-order valence-corrected chi connectivity index (χ0v) is 12.8. The van der Waals surface area contributed by atoms with Gasteiger partial charge in [-0.3, -0.25) is 0 Å². The molecule has 96 valence electrons. The zero-order valence-electron chi connectivity index (χ0n) is 10.6. The molecule has 0 bridgehead atoms. The minimum Gasteiger partial charge on any atom is -0.486 e. The highest BCUT2D eigenvalue weighted by Crippen LogP contribution is 2.23. The van der Waals surface area contributed by atoms with Crippen LogP contribution < -0.4 is 4.74 Å². The lowest BCUT2D eigenvalue weighted by molar-refractivity contribution is 0.295. The molecular formula is C16H14INO. The molecule has 0 saturated heterocycles. The highest BCUT2D eigenvalue weighted by Gasteiger charge is 2.06. The second kappa shape index (κ2) is 5.25. The van der Waals surface area contributed by atoms with Crippen molar-refractivity contribution in [2.45, 2.75) is 6.61 Å². The third-order valence-corrected chi connectivity index (χ3v) is 4.15. The van der Waals surface area contributed by atoms with E-state index in [-0.39, 0.29) is 0 Å². The minimum absolute atomic E-state index is 0.588. The summed E-state index contributed by atoms with van der Waals surface area (Å²) in [5.41, 5.74) is 2.42. The van der Waals surface area contributed by atoms with E-state index in [9.17, 15) is 0 Å². The fraction of sp³-hybridized carbons (Fsp3) is 0.125. The van der Waals surface area contributed by atoms with Crippen molar-refractivity contribution in [3.8, 4) is 5.75 Å². The molecule has 2 nitrogen and oxygen atoms in total. The Morgan fingerprint density at radius 1 is 1.05 bits per heavy atom. The minimum atomic E-state index is 0.588. The van der Waals surface area contributed by atoms with Crippen LogP contribution in [0.4, 0.5) is 0 Å². The molecule has 19 heavy (non-hydrogen) atoms. The number of hydrogen-bond acceptors (Lipinski definition) is 1. The lowest BCUT2D eigenvalue weighted by Crippen LogP contribution is -2.02. The molecule has 0 atom stereocenters. The standard InChI is InChI=1S/C16H14INO/c1-18-13(10-12-6-2-4-8-15(12)18)11-19-16-9-5-3-7-14(16)17/h2-10H,11H2,1H3. The molecule has 0 saturated carbocycles. The molecule has 0 unspecified atom stereocenters. The quantitative estimate of drug-likeness (QED) is 0.631. The Bertz CT molecular complexity index is 718. The molecule has 0 aliphatic rings. The van der Waals surface area contributed by atoms with E-state index in [4.69, 9.17) is 4.74 Å². The van der Waals surface area contributed by atoms with E-state index in [1.54, 1.807) is 0 Å². The number of aryl methyl sites for hydroxylation is 1. The third kappa shape index (κ3) is 2.47. The smallest absolute Gasteiger partial charge is 0.133 e. The first-order valence-corrected chi connectivity index (χ1v) is 7.24. The van der Waals surface area contributed by atoms with Gasteiger partial charge in [-0.1, -0.05) is 30.3 Å². The number of hydrogen-bond donors (Lipinski definition) is 0. The Labute approximate surface area is 126 Å². The van der Waals surface area contributed by atoms with Gasteiger partial charge in [0.15, 0.2) is 0 Å². The van der Waals surface area contributed by atoms with E-state index in [0.717, 1.165) is 9.32 Å². The summed E-state index contributed by atoms with van der Waals surface area (Å²) in [6, 6.07) is 18.6. The summed E-state index contributed by atoms with van der Waals surface area (Å²) >= 11 is 2.29. The average Bonchev–Trinajstić information content (AvgIpc) is 2.75. The van der Waals surface area contributed by atoms with Gasteiger partial charge >= 0.3 is 0 Å². The van der Waals surface area contributed by atoms with Gasteiger partial charge in [0.05, 0.1) is 9.26 Å². The van der Waals surface area contributed by atoms with Crippen molar-refractivity contribution < 1.29 is 4.74 Å². The molecule has 1 aromatic heterocycles. The van der Waals surface area contributed by atoms with Crippen LogP contribution in [0.1, 0.15) is 5.69 Å². The number of ether oxygens (including phenoxy) is 1. The molecule has 0 fully saturated rings. The van der Waals surface area contributed by atoms with Crippen LogP contribution in [0.5, 0.6) is 5.75 Å². The van der Waals surface area contributed by atoms with Gasteiger partial charge in [0.25, 0.3) is 0 Å². The Hall–Kier alpha value is -1.49. The number of aromatic nitrogens is 1. The monoisotopic (exact) mass is 363 g/mol. The molecule has 3 heteroatoms. The Morgan fingerprint density at radius 2 is 1.79 bits per heavy atom. The largest absolute Gasteiger partial charge is 0.486 e. The zero-order chi connectivity index (χ0) is 13.2. The normalized spacial score (nSPS) is 10.8. The molecule has 1 heterocycles. The molecule has 0 radical (unpaired) electrons. The first kappa shape index (κ1) is 12.5. The molecule has 0 spiro atoms. The highest BCUT2D eigenvalue weighted by molar-refractivity contribution is 14.1. The van der Waals surface area contributed by atoms with Crippen molar-refractivity contribution >= 4 is 33.5 Å². The maximum atomic E-state index is 5.90. The number of nitrogens with zero attached hydrogens (tertiary/aromatic N) is 1. The molecule has 3 rings (SSSR count). The second-order valence-electron chi connectivity index (χ2n) is 4.47. The number of rotatable bonds is 3. The molecule has 3 aromatic rings. The average molecular weight is 363 g/mol. The lowest BCUT2D eigenvalue weighted by atomic mass is 10.2. The van der Waals surface area contributed by atoms with Crippen LogP contribution in [-0.2, 0) is 13.7 Å². The summed E-state index contributed by atoms with van der Waals surface area (Å²) in [4.78, 5) is 0. The summed E-state index contributed by atoms with van der Waals surface area (Å²) in [6.07, 6.45) is 0. The predicted octanol–water partition coefficient (Wildman–Crippen LogP) is 4.36. The maximum absolute atomic E-state index is 5.90. The van der Waals surface area contributed by atoms with Gasteiger partial charge in [-0.2, -0.15) is 0 Å². The van der Waals surface area contributed by atoms with E-state index in [1.165, 1.54) is 16.6 Å². The fourth-order valence-corrected chi connectivity index (χ4v) is 2.74. The van der Waals surface area contributed by atoms with Gasteiger partial charge in [0.2, 0.25) is 0 Å². The number of halogens is 1. The van der Waals surface area contributed by atoms with Gasteiger partial charge in [0.1, 0.15) is 12.4 Å². The van der Waals surface area contributed by atoms with E-state index in [0.29, 0.717) is 6.61 Å². The lowest BCUT2D eigenvalue weighted by Gasteiger charge is -2.09. The molecule has 2 aromatic carbocycles. The molecule has 0 amide bonds. The van der Waals surface area contributed by atoms with Crippen LogP contribution in [-0.4, -0.2) is 4.57 Å². The molecular weight excluding hydrogens is 349 g/mol. The molecule has 0 aliphatic carbocycles. The summed E-state index contributed by atoms with van der Waals surface area (Å²) in [5, 5.41) is 1.26. The van der Waals surface area contributed by atoms with Gasteiger partial charge in [-0.25, -0.2) is 0 Å². The Morgan fingerprint density at radius 3 is 2.58 bits per heavy atom. The number of fused-ring (bicyclic) bond motifs is 1. The molecule has 0 N–H and O–H groups in total. The SMILES string of the molecule is Cn1c(COc2ccccc2I)cc2ccccc21. The molecule has 0 aliphatic heterocycles. The van der Waals surface area contributed by atoms with E-state index in [2.05, 4.69) is 70.6 Å². The summed E-state index contributed by atoms with van der Waals surface area (Å²) in [7, 11) is 2.08. The fourth-order valence-electron chi connectivity index (χ4n) is 2.20. The van der Waals surface area contributed by atoms with Crippen molar-refractivity contribution in [2.75, 3.05) is 0 Å². The maximum Gasteiger partial charge on any atom is 0.133 e. The first-order chi connectivity index (χ1) is 9.25. The van der Waals surface area contributed by atoms with Crippen molar-refractivity contribution in [2.24, 2.45) is 7.05 Å². The Kier molecular flexibility index (Phi) is 3.46. The van der Waals surface area contributed by atoms with Crippen molar-refractivity contribution in [3.05, 3.63) is 63.9 Å². The van der Waals surface area contributed by atoms with E-state index < -0.39 is 0 Å². The van der Waals surface area contributed by atoms with Crippen LogP contribution in [0.3, 0.4) is 0 Å².